The summed E-state index contributed by atoms with van der Waals surface area (Å²) in [6, 6.07) is 6.80. The molecule has 2 atom stereocenters. The minimum Gasteiger partial charge on any atom is -0.352 e. The number of likely N-dealkylation sites (N-methyl/N-ethyl adjacent to an activating group) is 1. The molecule has 4 N–H and O–H groups in total. The van der Waals surface area contributed by atoms with Crippen LogP contribution in [0.4, 0.5) is 0 Å². The molecule has 1 saturated carbocycles. The van der Waals surface area contributed by atoms with E-state index in [1.807, 2.05) is 12.1 Å². The quantitative estimate of drug-likeness (QED) is 0.350. The maximum atomic E-state index is 13.7. The van der Waals surface area contributed by atoms with Crippen LogP contribution in [0.5, 0.6) is 0 Å². The van der Waals surface area contributed by atoms with Gasteiger partial charge in [-0.2, -0.15) is 0 Å². The number of H-pyrrole nitrogens is 1. The van der Waals surface area contributed by atoms with Gasteiger partial charge in [-0.05, 0) is 44.2 Å². The number of hydrogen-bond donors (Lipinski definition) is 3. The average molecular weight is 523 g/mol. The number of nitrogens with one attached hydrogen (secondary N) is 2. The summed E-state index contributed by atoms with van der Waals surface area (Å²) in [7, 11) is 2.07. The van der Waals surface area contributed by atoms with E-state index in [0.717, 1.165) is 60.2 Å². The van der Waals surface area contributed by atoms with E-state index >= 15 is 0 Å². The summed E-state index contributed by atoms with van der Waals surface area (Å²) in [6.45, 7) is 1.75. The van der Waals surface area contributed by atoms with Gasteiger partial charge >= 0.3 is 0 Å². The molecule has 3 heterocycles. The van der Waals surface area contributed by atoms with Gasteiger partial charge in [-0.3, -0.25) is 9.59 Å². The molecule has 182 valence electrons. The molecule has 1 amide bonds. The first-order valence-electron chi connectivity index (χ1n) is 11.4. The maximum Gasteiger partial charge on any atom is 0.280 e. The zero-order valence-corrected chi connectivity index (χ0v) is 21.4. The van der Waals surface area contributed by atoms with Crippen molar-refractivity contribution in [3.05, 3.63) is 50.6 Å². The normalized spacial score (nSPS) is 23.1. The zero-order valence-electron chi connectivity index (χ0n) is 19.0. The highest BCUT2D eigenvalue weighted by atomic mass is 35.5. The number of ketones is 1. The third kappa shape index (κ3) is 4.75. The zero-order chi connectivity index (χ0) is 23.2. The molecule has 0 saturated heterocycles. The van der Waals surface area contributed by atoms with E-state index < -0.39 is 11.6 Å². The molecule has 1 fully saturated rings. The number of thiazole rings is 1. The van der Waals surface area contributed by atoms with Crippen molar-refractivity contribution in [2.24, 2.45) is 5.73 Å². The highest BCUT2D eigenvalue weighted by Crippen LogP contribution is 2.31. The number of aromatic amines is 1. The van der Waals surface area contributed by atoms with Gasteiger partial charge in [0.15, 0.2) is 5.01 Å². The summed E-state index contributed by atoms with van der Waals surface area (Å²) in [5.41, 5.74) is 7.94. The van der Waals surface area contributed by atoms with Crippen LogP contribution in [0.25, 0.3) is 10.9 Å². The Balaban J connectivity index is 0.00000274. The van der Waals surface area contributed by atoms with Gasteiger partial charge in [0.1, 0.15) is 5.54 Å². The van der Waals surface area contributed by atoms with Crippen LogP contribution in [0.15, 0.2) is 24.3 Å². The lowest BCUT2D eigenvalue weighted by molar-refractivity contribution is 0.0797. The second-order valence-corrected chi connectivity index (χ2v) is 10.8. The Morgan fingerprint density at radius 1 is 1.29 bits per heavy atom. The molecule has 1 aliphatic carbocycles. The fourth-order valence-electron chi connectivity index (χ4n) is 4.96. The second kappa shape index (κ2) is 9.95. The van der Waals surface area contributed by atoms with Gasteiger partial charge in [-0.25, -0.2) is 4.98 Å². The molecule has 34 heavy (non-hydrogen) atoms. The van der Waals surface area contributed by atoms with Crippen LogP contribution >= 0.6 is 35.3 Å². The van der Waals surface area contributed by atoms with E-state index in [-0.39, 0.29) is 24.1 Å². The lowest BCUT2D eigenvalue weighted by Crippen LogP contribution is -2.62. The number of amides is 1. The molecule has 5 rings (SSSR count). The van der Waals surface area contributed by atoms with Crippen molar-refractivity contribution in [1.29, 1.82) is 0 Å². The number of hydrogen-bond acceptors (Lipinski definition) is 6. The van der Waals surface area contributed by atoms with Gasteiger partial charge in [0.05, 0.1) is 17.4 Å². The molecule has 2 unspecified atom stereocenters. The van der Waals surface area contributed by atoms with Crippen LogP contribution in [-0.4, -0.2) is 51.7 Å². The number of halogens is 2. The number of carbonyl (C=O) groups is 2. The molecule has 0 spiro atoms. The molecule has 2 aliphatic rings. The number of benzene rings is 1. The van der Waals surface area contributed by atoms with E-state index in [1.54, 1.807) is 12.1 Å². The minimum atomic E-state index is -1.19. The van der Waals surface area contributed by atoms with E-state index in [2.05, 4.69) is 27.2 Å². The van der Waals surface area contributed by atoms with Crippen molar-refractivity contribution in [3.63, 3.8) is 0 Å². The van der Waals surface area contributed by atoms with Gasteiger partial charge in [0, 0.05) is 40.3 Å². The Bertz CT molecular complexity index is 1230. The van der Waals surface area contributed by atoms with Crippen molar-refractivity contribution >= 4 is 57.9 Å². The molecule has 1 aromatic carbocycles. The fraction of sp³-hybridized carbons (Fsp3) is 0.458. The van der Waals surface area contributed by atoms with E-state index in [0.29, 0.717) is 28.6 Å². The minimum absolute atomic E-state index is 0. The van der Waals surface area contributed by atoms with Crippen LogP contribution in [-0.2, 0) is 13.0 Å². The average Bonchev–Trinajstić information content (AvgIpc) is 3.35. The molecular formula is C24H29Cl2N5O2S. The van der Waals surface area contributed by atoms with Crippen LogP contribution in [0.1, 0.15) is 63.0 Å². The molecule has 0 bridgehead atoms. The number of aromatic nitrogens is 2. The molecule has 2 aromatic heterocycles. The van der Waals surface area contributed by atoms with Crippen LogP contribution in [0.2, 0.25) is 5.02 Å². The third-order valence-electron chi connectivity index (χ3n) is 6.88. The summed E-state index contributed by atoms with van der Waals surface area (Å²) in [4.78, 5) is 38.0. The van der Waals surface area contributed by atoms with Crippen LogP contribution < -0.4 is 11.1 Å². The first-order chi connectivity index (χ1) is 15.8. The second-order valence-electron chi connectivity index (χ2n) is 9.29. The predicted molar refractivity (Wildman–Crippen MR) is 138 cm³/mol. The molecular weight excluding hydrogens is 493 g/mol. The molecule has 7 nitrogen and oxygen atoms in total. The van der Waals surface area contributed by atoms with Crippen molar-refractivity contribution < 1.29 is 9.59 Å². The van der Waals surface area contributed by atoms with Crippen molar-refractivity contribution in [2.75, 3.05) is 13.6 Å². The topological polar surface area (TPSA) is 104 Å². The lowest BCUT2D eigenvalue weighted by atomic mass is 9.81. The van der Waals surface area contributed by atoms with Crippen molar-refractivity contribution in [2.45, 2.75) is 56.7 Å². The largest absolute Gasteiger partial charge is 0.352 e. The van der Waals surface area contributed by atoms with Crippen molar-refractivity contribution in [3.8, 4) is 0 Å². The van der Waals surface area contributed by atoms with Crippen LogP contribution in [0, 0.1) is 0 Å². The highest BCUT2D eigenvalue weighted by molar-refractivity contribution is 7.13. The summed E-state index contributed by atoms with van der Waals surface area (Å²) >= 11 is 7.55. The molecule has 3 aromatic rings. The van der Waals surface area contributed by atoms with Gasteiger partial charge in [-0.1, -0.05) is 30.9 Å². The van der Waals surface area contributed by atoms with E-state index in [9.17, 15) is 9.59 Å². The Morgan fingerprint density at radius 3 is 2.94 bits per heavy atom. The number of carbonyl (C=O) groups excluding carboxylic acids is 2. The third-order valence-corrected chi connectivity index (χ3v) is 8.19. The molecule has 10 heteroatoms. The number of nitrogens with zero attached hydrogens (tertiary/aromatic N) is 2. The fourth-order valence-corrected chi connectivity index (χ4v) is 6.24. The Labute approximate surface area is 213 Å². The standard InChI is InChI=1S/C24H28ClN5O2S.ClH/c1-30-10-8-17-19(13-30)33-23(28-17)22(32)29-20-5-3-2-4-9-24(20,26)21(31)18-12-14-11-15(25)6-7-16(14)27-18;/h6-7,11-12,20,27H,2-5,8-10,13,26H2,1H3,(H,29,32);1H. The van der Waals surface area contributed by atoms with Gasteiger partial charge < -0.3 is 20.9 Å². The Hall–Kier alpha value is -1.97. The van der Waals surface area contributed by atoms with Gasteiger partial charge in [-0.15, -0.1) is 23.7 Å². The summed E-state index contributed by atoms with van der Waals surface area (Å²) in [6.07, 6.45) is 4.78. The number of nitrogens with two attached hydrogens (primary N) is 1. The first kappa shape index (κ1) is 25.1. The van der Waals surface area contributed by atoms with E-state index in [1.165, 1.54) is 11.3 Å². The maximum absolute atomic E-state index is 13.7. The van der Waals surface area contributed by atoms with Crippen LogP contribution in [0.3, 0.4) is 0 Å². The summed E-state index contributed by atoms with van der Waals surface area (Å²) in [5, 5.41) is 5.02. The first-order valence-corrected chi connectivity index (χ1v) is 12.6. The smallest absolute Gasteiger partial charge is 0.280 e. The highest BCUT2D eigenvalue weighted by Gasteiger charge is 2.44. The lowest BCUT2D eigenvalue weighted by Gasteiger charge is -2.35. The molecule has 1 aliphatic heterocycles. The summed E-state index contributed by atoms with van der Waals surface area (Å²) < 4.78 is 0. The number of Topliss-reactive ketones (excluding diaryl/α,β-unsaturated/α-hetero) is 1. The Morgan fingerprint density at radius 2 is 2.12 bits per heavy atom. The molecule has 0 radical (unpaired) electrons. The van der Waals surface area contributed by atoms with Crippen molar-refractivity contribution in [1.82, 2.24) is 20.2 Å². The number of fused-ring (bicyclic) bond motifs is 2. The van der Waals surface area contributed by atoms with E-state index in [4.69, 9.17) is 17.3 Å². The van der Waals surface area contributed by atoms with Gasteiger partial charge in [0.25, 0.3) is 5.91 Å². The Kier molecular flexibility index (Phi) is 7.36. The summed E-state index contributed by atoms with van der Waals surface area (Å²) in [5.74, 6) is -0.419. The monoisotopic (exact) mass is 521 g/mol. The SMILES string of the molecule is CN1CCc2nc(C(=O)NC3CCCCCC3(N)C(=O)c3cc4cc(Cl)ccc4[nH]3)sc2C1.Cl. The predicted octanol–water partition coefficient (Wildman–Crippen LogP) is 4.33. The number of rotatable bonds is 4. The van der Waals surface area contributed by atoms with Gasteiger partial charge in [0.2, 0.25) is 5.78 Å².